The molecule has 0 spiro atoms. The predicted octanol–water partition coefficient (Wildman–Crippen LogP) is 4.77. The van der Waals surface area contributed by atoms with Gasteiger partial charge in [-0.1, -0.05) is 40.5 Å². The maximum absolute atomic E-state index is 13.0. The molecule has 0 unspecified atom stereocenters. The van der Waals surface area contributed by atoms with Crippen LogP contribution in [0.2, 0.25) is 0 Å². The van der Waals surface area contributed by atoms with Crippen molar-refractivity contribution >= 4 is 29.2 Å². The molecule has 2 N–H and O–H groups in total. The molecule has 0 aromatic carbocycles. The van der Waals surface area contributed by atoms with Gasteiger partial charge in [0.15, 0.2) is 0 Å². The molecule has 0 radical (unpaired) electrons. The Kier molecular flexibility index (Phi) is 14.6. The Morgan fingerprint density at radius 3 is 2.39 bits per heavy atom. The molecule has 0 aliphatic rings. The minimum absolute atomic E-state index is 0. The molecule has 0 saturated carbocycles. The Hall–Kier alpha value is -0.518. The molecule has 1 aromatic rings. The summed E-state index contributed by atoms with van der Waals surface area (Å²) in [5.74, 6) is -1.55. The summed E-state index contributed by atoms with van der Waals surface area (Å²) in [4.78, 5) is 29.9. The number of aliphatic hydroxyl groups excluding tert-OH is 2. The number of hydrogen-bond donors (Lipinski definition) is 2. The summed E-state index contributed by atoms with van der Waals surface area (Å²) in [6.45, 7) is 16.2. The molecule has 1 heterocycles. The van der Waals surface area contributed by atoms with Crippen LogP contribution in [0, 0.1) is 62.2 Å². The summed E-state index contributed by atoms with van der Waals surface area (Å²) in [5.41, 5.74) is 0.454. The molecule has 1 rings (SSSR count). The van der Waals surface area contributed by atoms with Gasteiger partial charge in [-0.05, 0) is 38.3 Å². The number of aromatic nitrogens is 1. The molecule has 8 heteroatoms. The monoisotopic (exact) mass is 704 g/mol. The molecule has 0 amide bonds. The second-order valence-corrected chi connectivity index (χ2v) is 10.4. The summed E-state index contributed by atoms with van der Waals surface area (Å²) >= 11 is 1.55. The number of hydrogen-bond acceptors (Lipinski definition) is 7. The molecule has 5 atom stereocenters. The molecule has 0 bridgehead atoms. The first kappa shape index (κ1) is 32.5. The average Bonchev–Trinajstić information content (AvgIpc) is 3.14. The summed E-state index contributed by atoms with van der Waals surface area (Å²) in [5, 5.41) is 24.2. The van der Waals surface area contributed by atoms with E-state index in [4.69, 9.17) is 4.74 Å². The predicted molar refractivity (Wildman–Crippen MR) is 129 cm³/mol. The van der Waals surface area contributed by atoms with Crippen molar-refractivity contribution in [3.8, 4) is 0 Å². The molecule has 33 heavy (non-hydrogen) atoms. The quantitative estimate of drug-likeness (QED) is 0.227. The third-order valence-corrected chi connectivity index (χ3v) is 7.00. The van der Waals surface area contributed by atoms with Crippen molar-refractivity contribution in [2.75, 3.05) is 0 Å². The number of unbranched alkanes of at least 4 members (excludes halogenated alkanes) is 1. The first-order valence-electron chi connectivity index (χ1n) is 11.3. The number of carbonyl (C=O) groups is 2. The second kappa shape index (κ2) is 14.8. The van der Waals surface area contributed by atoms with Crippen LogP contribution in [-0.2, 0) is 14.3 Å². The van der Waals surface area contributed by atoms with Gasteiger partial charge in [0.05, 0.1) is 34.7 Å². The fraction of sp³-hybridized carbons (Fsp3) is 0.680. The van der Waals surface area contributed by atoms with E-state index in [2.05, 4.69) is 11.9 Å². The van der Waals surface area contributed by atoms with Crippen molar-refractivity contribution in [3.63, 3.8) is 0 Å². The molecule has 0 aliphatic carbocycles. The van der Waals surface area contributed by atoms with Crippen LogP contribution in [0.25, 0.3) is 6.08 Å². The van der Waals surface area contributed by atoms with Crippen LogP contribution in [0.3, 0.4) is 0 Å². The number of nitrogens with zero attached hydrogens (tertiary/aromatic N) is 1. The number of ketones is 1. The number of esters is 1. The maximum Gasteiger partial charge on any atom is 0.309 e. The Balaban J connectivity index is 0.0000102. The van der Waals surface area contributed by atoms with Gasteiger partial charge in [-0.25, -0.2) is 4.98 Å². The van der Waals surface area contributed by atoms with Gasteiger partial charge < -0.3 is 21.9 Å². The zero-order valence-electron chi connectivity index (χ0n) is 21.1. The van der Waals surface area contributed by atoms with Gasteiger partial charge >= 0.3 is 5.97 Å². The van der Waals surface area contributed by atoms with E-state index in [1.54, 1.807) is 39.0 Å². The normalized spacial score (nSPS) is 16.8. The van der Waals surface area contributed by atoms with Crippen LogP contribution in [0.1, 0.15) is 77.9 Å². The van der Waals surface area contributed by atoms with E-state index in [-0.39, 0.29) is 49.2 Å². The van der Waals surface area contributed by atoms with Gasteiger partial charge in [-0.3, -0.25) is 9.59 Å². The van der Waals surface area contributed by atoms with Crippen molar-refractivity contribution in [2.45, 2.75) is 92.5 Å². The van der Waals surface area contributed by atoms with Crippen LogP contribution in [0.5, 0.6) is 0 Å². The first-order chi connectivity index (χ1) is 14.8. The van der Waals surface area contributed by atoms with Crippen molar-refractivity contribution in [3.05, 3.63) is 28.6 Å². The molecule has 186 valence electrons. The fourth-order valence-corrected chi connectivity index (χ4v) is 4.15. The summed E-state index contributed by atoms with van der Waals surface area (Å²) in [7, 11) is 0. The van der Waals surface area contributed by atoms with Gasteiger partial charge in [-0.15, -0.1) is 11.3 Å². The smallest absolute Gasteiger partial charge is 0.309 e. The average molecular weight is 705 g/mol. The standard InChI is InChI=1S/C25H40NO5S.U/c1-9-10-11-15(2)23(29)17(4)24(30)25(7,8)21(27)13-22(28)31-18(5)16(3)12-20-14-32-19(6)26-20;/h12,14-15,17-18,21,23,27,29H,1,9-11,13H2,2-8H3;/q-1;/b16-12+;/t15-,17+,18-,21-,23-;/m0./s1. The van der Waals surface area contributed by atoms with Crippen LogP contribution < -0.4 is 0 Å². The first-order valence-corrected chi connectivity index (χ1v) is 12.2. The third-order valence-electron chi connectivity index (χ3n) is 6.21. The largest absolute Gasteiger partial charge is 0.458 e. The molecular weight excluding hydrogens is 664 g/mol. The van der Waals surface area contributed by atoms with Crippen LogP contribution in [0.15, 0.2) is 11.0 Å². The SMILES string of the molecule is [CH2-]CCC[C@H](C)[C@H](O)[C@@H](C)C(=O)C(C)(C)[C@@H](O)CC(=O)O[C@@H](C)/C(C)=C/c1csc(C)n1.[U]. The van der Waals surface area contributed by atoms with Gasteiger partial charge in [-0.2, -0.15) is 6.42 Å². The Morgan fingerprint density at radius 2 is 1.88 bits per heavy atom. The summed E-state index contributed by atoms with van der Waals surface area (Å²) in [6, 6.07) is 0. The Labute approximate surface area is 227 Å². The number of thiazole rings is 1. The Morgan fingerprint density at radius 1 is 1.27 bits per heavy atom. The van der Waals surface area contributed by atoms with E-state index >= 15 is 0 Å². The maximum atomic E-state index is 13.0. The number of Topliss-reactive ketones (excluding diaryl/α,β-unsaturated/α-hetero) is 1. The number of rotatable bonds is 13. The molecule has 0 saturated heterocycles. The van der Waals surface area contributed by atoms with E-state index < -0.39 is 35.6 Å². The van der Waals surface area contributed by atoms with Crippen molar-refractivity contribution < 1.29 is 55.7 Å². The zero-order chi connectivity index (χ0) is 24.6. The van der Waals surface area contributed by atoms with Gasteiger partial charge in [0, 0.05) is 42.4 Å². The third kappa shape index (κ3) is 9.93. The molecule has 6 nitrogen and oxygen atoms in total. The van der Waals surface area contributed by atoms with E-state index in [0.717, 1.165) is 35.5 Å². The van der Waals surface area contributed by atoms with Crippen molar-refractivity contribution in [2.24, 2.45) is 17.3 Å². The second-order valence-electron chi connectivity index (χ2n) is 9.37. The molecule has 0 fully saturated rings. The minimum Gasteiger partial charge on any atom is -0.458 e. The van der Waals surface area contributed by atoms with E-state index in [1.165, 1.54) is 0 Å². The molecule has 0 aliphatic heterocycles. The van der Waals surface area contributed by atoms with Crippen LogP contribution in [-0.4, -0.2) is 45.3 Å². The van der Waals surface area contributed by atoms with E-state index in [1.807, 2.05) is 32.2 Å². The van der Waals surface area contributed by atoms with Crippen molar-refractivity contribution in [1.29, 1.82) is 0 Å². The number of carbonyl (C=O) groups excluding carboxylic acids is 2. The summed E-state index contributed by atoms with van der Waals surface area (Å²) < 4.78 is 5.47. The molecule has 1 aromatic heterocycles. The molecular formula is C25H40NO5SU-. The van der Waals surface area contributed by atoms with E-state index in [0.29, 0.717) is 0 Å². The van der Waals surface area contributed by atoms with Gasteiger partial charge in [0.1, 0.15) is 11.9 Å². The van der Waals surface area contributed by atoms with Gasteiger partial charge in [0.2, 0.25) is 0 Å². The zero-order valence-corrected chi connectivity index (χ0v) is 26.0. The van der Waals surface area contributed by atoms with Gasteiger partial charge in [0.25, 0.3) is 0 Å². The van der Waals surface area contributed by atoms with Crippen molar-refractivity contribution in [1.82, 2.24) is 4.98 Å². The number of aryl methyl sites for hydroxylation is 1. The van der Waals surface area contributed by atoms with E-state index in [9.17, 15) is 19.8 Å². The van der Waals surface area contributed by atoms with Crippen LogP contribution >= 0.6 is 11.3 Å². The number of ether oxygens (including phenoxy) is 1. The van der Waals surface area contributed by atoms with Crippen LogP contribution in [0.4, 0.5) is 0 Å². The summed E-state index contributed by atoms with van der Waals surface area (Å²) in [6.07, 6.45) is 1.50. The fourth-order valence-electron chi connectivity index (χ4n) is 3.58. The number of aliphatic hydroxyl groups is 2. The Bertz CT molecular complexity index is 792. The topological polar surface area (TPSA) is 96.7 Å². The minimum atomic E-state index is -1.22.